The molecule has 0 atom stereocenters. The van der Waals surface area contributed by atoms with E-state index >= 15 is 0 Å². The fourth-order valence-electron chi connectivity index (χ4n) is 3.33. The van der Waals surface area contributed by atoms with Gasteiger partial charge in [0.15, 0.2) is 0 Å². The summed E-state index contributed by atoms with van der Waals surface area (Å²) >= 11 is 1.72. The van der Waals surface area contributed by atoms with Crippen LogP contribution in [0.2, 0.25) is 0 Å². The Morgan fingerprint density at radius 2 is 1.86 bits per heavy atom. The van der Waals surface area contributed by atoms with Gasteiger partial charge in [0.2, 0.25) is 0 Å². The molecular formula is C22H25N5S. The zero-order chi connectivity index (χ0) is 19.2. The molecule has 6 heteroatoms. The smallest absolute Gasteiger partial charge is 0.146 e. The Morgan fingerprint density at radius 3 is 2.61 bits per heavy atom. The van der Waals surface area contributed by atoms with Gasteiger partial charge >= 0.3 is 0 Å². The molecule has 4 rings (SSSR count). The van der Waals surface area contributed by atoms with Gasteiger partial charge < -0.3 is 10.2 Å². The summed E-state index contributed by atoms with van der Waals surface area (Å²) < 4.78 is 0. The van der Waals surface area contributed by atoms with E-state index in [-0.39, 0.29) is 0 Å². The van der Waals surface area contributed by atoms with Gasteiger partial charge in [-0.25, -0.2) is 9.97 Å². The van der Waals surface area contributed by atoms with Gasteiger partial charge in [0.05, 0.1) is 12.4 Å². The molecule has 3 heterocycles. The van der Waals surface area contributed by atoms with Crippen molar-refractivity contribution < 1.29 is 0 Å². The molecule has 2 aromatic heterocycles. The summed E-state index contributed by atoms with van der Waals surface area (Å²) in [6, 6.07) is 15.1. The van der Waals surface area contributed by atoms with Crippen LogP contribution in [0.25, 0.3) is 0 Å². The molecular weight excluding hydrogens is 366 g/mol. The number of benzene rings is 1. The largest absolute Gasteiger partial charge is 0.366 e. The predicted molar refractivity (Wildman–Crippen MR) is 116 cm³/mol. The topological polar surface area (TPSA) is 53.9 Å². The second-order valence-electron chi connectivity index (χ2n) is 7.12. The minimum absolute atomic E-state index is 0.422. The lowest BCUT2D eigenvalue weighted by atomic mass is 10.1. The van der Waals surface area contributed by atoms with E-state index < -0.39 is 0 Å². The van der Waals surface area contributed by atoms with Crippen molar-refractivity contribution in [1.82, 2.24) is 15.0 Å². The Balaban J connectivity index is 1.29. The summed E-state index contributed by atoms with van der Waals surface area (Å²) in [4.78, 5) is 16.0. The van der Waals surface area contributed by atoms with Gasteiger partial charge in [0.1, 0.15) is 16.7 Å². The van der Waals surface area contributed by atoms with Gasteiger partial charge in [-0.2, -0.15) is 0 Å². The van der Waals surface area contributed by atoms with Crippen molar-refractivity contribution in [3.63, 3.8) is 0 Å². The zero-order valence-electron chi connectivity index (χ0n) is 16.1. The van der Waals surface area contributed by atoms with Crippen molar-refractivity contribution >= 4 is 23.4 Å². The molecule has 1 aromatic carbocycles. The first-order chi connectivity index (χ1) is 13.8. The summed E-state index contributed by atoms with van der Waals surface area (Å²) in [5.74, 6) is 2.84. The molecule has 1 fully saturated rings. The van der Waals surface area contributed by atoms with E-state index in [1.165, 1.54) is 11.1 Å². The van der Waals surface area contributed by atoms with E-state index in [1.54, 1.807) is 11.8 Å². The van der Waals surface area contributed by atoms with E-state index in [9.17, 15) is 0 Å². The quantitative estimate of drug-likeness (QED) is 0.622. The Labute approximate surface area is 170 Å². The number of hydrogen-bond donors (Lipinski definition) is 1. The first kappa shape index (κ1) is 18.7. The number of rotatable bonds is 6. The normalized spacial score (nSPS) is 14.8. The molecule has 1 N–H and O–H groups in total. The van der Waals surface area contributed by atoms with E-state index in [0.29, 0.717) is 6.04 Å². The van der Waals surface area contributed by atoms with Crippen LogP contribution in [-0.4, -0.2) is 34.1 Å². The van der Waals surface area contributed by atoms with E-state index in [2.05, 4.69) is 63.5 Å². The second kappa shape index (κ2) is 9.06. The first-order valence-corrected chi connectivity index (χ1v) is 10.7. The van der Waals surface area contributed by atoms with Crippen molar-refractivity contribution in [3.8, 4) is 0 Å². The molecule has 1 aliphatic heterocycles. The molecule has 0 spiro atoms. The fourth-order valence-corrected chi connectivity index (χ4v) is 4.13. The van der Waals surface area contributed by atoms with Crippen molar-refractivity contribution in [3.05, 3.63) is 72.2 Å². The third kappa shape index (κ3) is 5.01. The van der Waals surface area contributed by atoms with Crippen LogP contribution in [0.15, 0.2) is 66.1 Å². The number of thioether (sulfide) groups is 1. The molecule has 144 valence electrons. The summed E-state index contributed by atoms with van der Waals surface area (Å²) in [6.07, 6.45) is 7.73. The molecule has 1 aliphatic rings. The van der Waals surface area contributed by atoms with Crippen molar-refractivity contribution in [2.75, 3.05) is 23.3 Å². The summed E-state index contributed by atoms with van der Waals surface area (Å²) in [6.45, 7) is 4.08. The zero-order valence-corrected chi connectivity index (χ0v) is 16.9. The van der Waals surface area contributed by atoms with Gasteiger partial charge in [0, 0.05) is 31.1 Å². The highest BCUT2D eigenvalue weighted by atomic mass is 32.2. The average Bonchev–Trinajstić information content (AvgIpc) is 2.75. The third-order valence-corrected chi connectivity index (χ3v) is 5.88. The van der Waals surface area contributed by atoms with Gasteiger partial charge in [0.25, 0.3) is 0 Å². The van der Waals surface area contributed by atoms with Crippen LogP contribution in [0.1, 0.15) is 24.0 Å². The maximum absolute atomic E-state index is 4.73. The second-order valence-corrected chi connectivity index (χ2v) is 8.11. The molecule has 3 aromatic rings. The number of piperidine rings is 1. The number of pyridine rings is 1. The molecule has 0 saturated carbocycles. The van der Waals surface area contributed by atoms with Crippen LogP contribution in [0, 0.1) is 6.92 Å². The highest BCUT2D eigenvalue weighted by molar-refractivity contribution is 7.98. The van der Waals surface area contributed by atoms with Crippen LogP contribution in [0.4, 0.5) is 11.6 Å². The van der Waals surface area contributed by atoms with Crippen LogP contribution in [0.5, 0.6) is 0 Å². The number of aromatic nitrogens is 3. The minimum atomic E-state index is 0.422. The molecule has 0 unspecified atom stereocenters. The maximum Gasteiger partial charge on any atom is 0.146 e. The van der Waals surface area contributed by atoms with Crippen LogP contribution in [0.3, 0.4) is 0 Å². The summed E-state index contributed by atoms with van der Waals surface area (Å²) in [5, 5.41) is 4.52. The van der Waals surface area contributed by atoms with E-state index in [1.807, 2.05) is 24.7 Å². The number of nitrogens with one attached hydrogen (secondary N) is 1. The highest BCUT2D eigenvalue weighted by Crippen LogP contribution is 2.23. The Kier molecular flexibility index (Phi) is 6.07. The molecule has 5 nitrogen and oxygen atoms in total. The molecule has 0 amide bonds. The molecule has 28 heavy (non-hydrogen) atoms. The standard InChI is InChI=1S/C22H25N5S/c1-17-7-8-21(24-13-17)27-11-9-19(10-12-27)25-20-14-23-15-22(26-20)28-16-18-5-3-2-4-6-18/h2-8,13-15,19H,9-12,16H2,1H3,(H,25,26). The van der Waals surface area contributed by atoms with Gasteiger partial charge in [-0.15, -0.1) is 11.8 Å². The molecule has 1 saturated heterocycles. The third-order valence-electron chi connectivity index (χ3n) is 4.91. The Bertz CT molecular complexity index is 877. The maximum atomic E-state index is 4.73. The fraction of sp³-hybridized carbons (Fsp3) is 0.318. The van der Waals surface area contributed by atoms with Crippen LogP contribution < -0.4 is 10.2 Å². The van der Waals surface area contributed by atoms with Gasteiger partial charge in [-0.05, 0) is 37.0 Å². The number of hydrogen-bond acceptors (Lipinski definition) is 6. The van der Waals surface area contributed by atoms with Crippen molar-refractivity contribution in [2.24, 2.45) is 0 Å². The van der Waals surface area contributed by atoms with Gasteiger partial charge in [-0.1, -0.05) is 36.4 Å². The molecule has 0 aliphatic carbocycles. The molecule has 0 radical (unpaired) electrons. The first-order valence-electron chi connectivity index (χ1n) is 9.69. The number of nitrogens with zero attached hydrogens (tertiary/aromatic N) is 4. The molecule has 0 bridgehead atoms. The number of aryl methyl sites for hydroxylation is 1. The monoisotopic (exact) mass is 391 g/mol. The lowest BCUT2D eigenvalue weighted by Crippen LogP contribution is -2.39. The van der Waals surface area contributed by atoms with E-state index in [0.717, 1.165) is 48.3 Å². The lowest BCUT2D eigenvalue weighted by Gasteiger charge is -2.33. The minimum Gasteiger partial charge on any atom is -0.366 e. The Morgan fingerprint density at radius 1 is 1.04 bits per heavy atom. The average molecular weight is 392 g/mol. The summed E-state index contributed by atoms with van der Waals surface area (Å²) in [5.41, 5.74) is 2.49. The van der Waals surface area contributed by atoms with Crippen LogP contribution >= 0.6 is 11.8 Å². The highest BCUT2D eigenvalue weighted by Gasteiger charge is 2.20. The predicted octanol–water partition coefficient (Wildman–Crippen LogP) is 4.55. The van der Waals surface area contributed by atoms with Crippen LogP contribution in [-0.2, 0) is 5.75 Å². The van der Waals surface area contributed by atoms with Crippen molar-refractivity contribution in [2.45, 2.75) is 36.6 Å². The van der Waals surface area contributed by atoms with Crippen molar-refractivity contribution in [1.29, 1.82) is 0 Å². The number of anilines is 2. The summed E-state index contributed by atoms with van der Waals surface area (Å²) in [7, 11) is 0. The Hall–Kier alpha value is -2.60. The SMILES string of the molecule is Cc1ccc(N2CCC(Nc3cncc(SCc4ccccc4)n3)CC2)nc1. The van der Waals surface area contributed by atoms with Gasteiger partial charge in [-0.3, -0.25) is 4.98 Å². The van der Waals surface area contributed by atoms with E-state index in [4.69, 9.17) is 4.98 Å². The lowest BCUT2D eigenvalue weighted by molar-refractivity contribution is 0.522.